The lowest BCUT2D eigenvalue weighted by atomic mass is 9.86. The highest BCUT2D eigenvalue weighted by molar-refractivity contribution is 5.94. The van der Waals surface area contributed by atoms with E-state index in [-0.39, 0.29) is 103 Å². The summed E-state index contributed by atoms with van der Waals surface area (Å²) in [6.07, 6.45) is -29.9. The van der Waals surface area contributed by atoms with Crippen LogP contribution in [0, 0.1) is 5.41 Å². The Morgan fingerprint density at radius 3 is 0.990 bits per heavy atom. The van der Waals surface area contributed by atoms with Crippen LogP contribution >= 0.6 is 0 Å². The minimum Gasteiger partial charge on any atom is -0.469 e. The van der Waals surface area contributed by atoms with Gasteiger partial charge in [-0.3, -0.25) is 67.5 Å². The number of benzene rings is 1. The van der Waals surface area contributed by atoms with Crippen molar-refractivity contribution in [1.82, 2.24) is 40.9 Å². The molecule has 0 spiro atoms. The largest absolute Gasteiger partial charge is 0.469 e. The van der Waals surface area contributed by atoms with Gasteiger partial charge in [-0.05, 0) is 37.0 Å². The second-order valence-corrected chi connectivity index (χ2v) is 23.4. The molecule has 566 valence electrons. The number of ether oxygens (including phenoxy) is 6. The minimum absolute atomic E-state index is 0.0119. The highest BCUT2D eigenvalue weighted by Crippen LogP contribution is 2.22. The maximum atomic E-state index is 14.6. The van der Waals surface area contributed by atoms with Crippen LogP contribution in [0.4, 0.5) is 0 Å². The van der Waals surface area contributed by atoms with Crippen LogP contribution < -0.4 is 21.3 Å². The van der Waals surface area contributed by atoms with Crippen LogP contribution in [0.15, 0.2) is 24.3 Å². The number of aliphatic hydroxyl groups is 15. The fourth-order valence-electron chi connectivity index (χ4n) is 10.4. The second-order valence-electron chi connectivity index (χ2n) is 23.4. The van der Waals surface area contributed by atoms with Gasteiger partial charge in [0.25, 0.3) is 23.6 Å². The van der Waals surface area contributed by atoms with E-state index in [1.807, 2.05) is 4.90 Å². The van der Waals surface area contributed by atoms with E-state index in [2.05, 4.69) is 21.3 Å². The summed E-state index contributed by atoms with van der Waals surface area (Å²) in [7, 11) is 6.96. The molecule has 4 amide bonds. The number of nitrogens with zero attached hydrogens (tertiary/aromatic N) is 4. The molecule has 0 saturated carbocycles. The number of amides is 4. The van der Waals surface area contributed by atoms with Crippen molar-refractivity contribution in [3.8, 4) is 0 Å². The van der Waals surface area contributed by atoms with Crippen LogP contribution in [-0.2, 0) is 78.1 Å². The van der Waals surface area contributed by atoms with Gasteiger partial charge in [-0.15, -0.1) is 0 Å². The van der Waals surface area contributed by atoms with Crippen molar-refractivity contribution in [3.63, 3.8) is 0 Å². The molecule has 39 heteroatoms. The zero-order chi connectivity index (χ0) is 74.9. The smallest absolute Gasteiger partial charge is 0.323 e. The summed E-state index contributed by atoms with van der Waals surface area (Å²) in [6.45, 7) is -7.30. The van der Waals surface area contributed by atoms with Crippen molar-refractivity contribution in [2.45, 2.75) is 136 Å². The summed E-state index contributed by atoms with van der Waals surface area (Å²) >= 11 is 0. The van der Waals surface area contributed by atoms with E-state index in [1.54, 1.807) is 20.8 Å². The third-order valence-corrected chi connectivity index (χ3v) is 16.7. The molecule has 1 aliphatic heterocycles. The number of aliphatic hydroxyl groups excluding tert-OH is 15. The van der Waals surface area contributed by atoms with Crippen molar-refractivity contribution in [1.29, 1.82) is 0 Å². The lowest BCUT2D eigenvalue weighted by molar-refractivity contribution is -0.152. The molecule has 14 unspecified atom stereocenters. The van der Waals surface area contributed by atoms with E-state index in [0.29, 0.717) is 5.56 Å². The van der Waals surface area contributed by atoms with E-state index < -0.39 is 202 Å². The first-order valence-corrected chi connectivity index (χ1v) is 31.4. The highest BCUT2D eigenvalue weighted by Gasteiger charge is 2.42. The monoisotopic (exact) mass is 1430 g/mol. The van der Waals surface area contributed by atoms with E-state index in [4.69, 9.17) is 28.4 Å². The summed E-state index contributed by atoms with van der Waals surface area (Å²) in [6, 6.07) is 2.48. The molecule has 1 saturated heterocycles. The Balaban J connectivity index is 2.92. The summed E-state index contributed by atoms with van der Waals surface area (Å²) < 4.78 is 30.3. The molecule has 1 aromatic carbocycles. The molecule has 1 aliphatic rings. The molecular weight excluding hydrogens is 1330 g/mol. The van der Waals surface area contributed by atoms with Gasteiger partial charge in [0.15, 0.2) is 18.3 Å². The average molecular weight is 1430 g/mol. The van der Waals surface area contributed by atoms with Gasteiger partial charge in [0.2, 0.25) is 0 Å². The zero-order valence-corrected chi connectivity index (χ0v) is 56.1. The standard InChI is InChI=1S/C60H100N8O31/c1-94-41(75)13-10-35(57(91)97-4)66-18-16-65(17-19-67(36(58(92)98-5)11-14-42(76)95-2)21-23-68(22-20-66)37(59(93)99-6)12-15-43(77)96-3)25-33-8-7-9-34(24-33)53(87)61-29-60(30-62-54(88)50(84)47(81)44(78)38(72)26-69,31-63-55(89)51(85)48(82)45(79)39(73)27-70)32-64-56(90)52(86)49(83)46(80)40(74)28-71/h7-9,24,35-40,44-52,69-74,78-86H,10-23,25-32H2,1-6H3,(H,61,87)(H,62,88)(H,63,89)(H,64,90)/t35-,36?,37?,38?,39?,40?,44?,45?,46?,47?,48?,49?,50?,51?,52?,60?/m1/s1. The number of hydrogen-bond acceptors (Lipinski definition) is 35. The van der Waals surface area contributed by atoms with Gasteiger partial charge in [-0.2, -0.15) is 0 Å². The molecule has 1 heterocycles. The number of methoxy groups -OCH3 is 6. The van der Waals surface area contributed by atoms with E-state index >= 15 is 0 Å². The Labute approximate surface area is 570 Å². The van der Waals surface area contributed by atoms with Gasteiger partial charge < -0.3 is 126 Å². The molecule has 0 radical (unpaired) electrons. The SMILES string of the molecule is COC(=O)CCC(C(=O)OC)N1CCN(Cc2cccc(C(=O)NCC(CNC(=O)C(O)C(O)C(O)C(O)CO)(CNC(=O)C(O)C(O)C(O)C(O)CO)CNC(=O)C(O)C(O)C(O)C(O)CO)c2)CCN([C@H](CCC(=O)OC)C(=O)OC)CCN(C(CCC(=O)OC)C(=O)OC)CC1. The molecule has 0 aliphatic carbocycles. The lowest BCUT2D eigenvalue weighted by Gasteiger charge is -2.39. The number of rotatable bonds is 41. The lowest BCUT2D eigenvalue weighted by Crippen LogP contribution is -2.61. The van der Waals surface area contributed by atoms with E-state index in [9.17, 15) is 125 Å². The number of hydrogen-bond donors (Lipinski definition) is 19. The predicted molar refractivity (Wildman–Crippen MR) is 335 cm³/mol. The molecule has 1 fully saturated rings. The Morgan fingerprint density at radius 1 is 0.414 bits per heavy atom. The zero-order valence-electron chi connectivity index (χ0n) is 56.1. The maximum Gasteiger partial charge on any atom is 0.323 e. The summed E-state index contributed by atoms with van der Waals surface area (Å²) in [5.41, 5.74) is -1.91. The van der Waals surface area contributed by atoms with Gasteiger partial charge in [0.05, 0.1) is 62.5 Å². The Hall–Kier alpha value is -6.84. The molecule has 0 aromatic heterocycles. The Morgan fingerprint density at radius 2 is 0.707 bits per heavy atom. The summed E-state index contributed by atoms with van der Waals surface area (Å²) in [5.74, 6) is -9.83. The van der Waals surface area contributed by atoms with Gasteiger partial charge in [-0.25, -0.2) is 0 Å². The molecule has 15 atom stereocenters. The van der Waals surface area contributed by atoms with Gasteiger partial charge in [-0.1, -0.05) is 12.1 Å². The van der Waals surface area contributed by atoms with Crippen molar-refractivity contribution in [2.24, 2.45) is 5.41 Å². The first-order valence-electron chi connectivity index (χ1n) is 31.4. The molecule has 2 rings (SSSR count). The molecular formula is C60H100N8O31. The van der Waals surface area contributed by atoms with Crippen LogP contribution in [0.1, 0.15) is 54.4 Å². The van der Waals surface area contributed by atoms with Gasteiger partial charge in [0, 0.05) is 115 Å². The third kappa shape index (κ3) is 28.3. The van der Waals surface area contributed by atoms with E-state index in [1.165, 1.54) is 25.3 Å². The Kier molecular flexibility index (Phi) is 40.2. The predicted octanol–water partition coefficient (Wildman–Crippen LogP) is -11.7. The quantitative estimate of drug-likeness (QED) is 0.0214. The topological polar surface area (TPSA) is 591 Å². The molecule has 1 aromatic rings. The van der Waals surface area contributed by atoms with Crippen molar-refractivity contribution >= 4 is 59.4 Å². The number of esters is 6. The van der Waals surface area contributed by atoms with Crippen LogP contribution in [0.25, 0.3) is 0 Å². The molecule has 99 heavy (non-hydrogen) atoms. The van der Waals surface area contributed by atoms with Crippen LogP contribution in [0.3, 0.4) is 0 Å². The first kappa shape index (κ1) is 88.2. The highest BCUT2D eigenvalue weighted by atomic mass is 16.5. The van der Waals surface area contributed by atoms with Crippen LogP contribution in [-0.4, -0.2) is 388 Å². The average Bonchev–Trinajstić information content (AvgIpc) is 0.846. The van der Waals surface area contributed by atoms with Gasteiger partial charge in [0.1, 0.15) is 73.1 Å². The first-order chi connectivity index (χ1) is 46.8. The summed E-state index contributed by atoms with van der Waals surface area (Å²) in [5, 5.41) is 162. The normalized spacial score (nSPS) is 19.1. The number of carbonyl (C=O) groups excluding carboxylic acids is 10. The third-order valence-electron chi connectivity index (χ3n) is 16.7. The van der Waals surface area contributed by atoms with Gasteiger partial charge >= 0.3 is 35.8 Å². The minimum atomic E-state index is -2.64. The van der Waals surface area contributed by atoms with Crippen molar-refractivity contribution < 1.29 is 153 Å². The van der Waals surface area contributed by atoms with E-state index in [0.717, 1.165) is 35.5 Å². The number of carbonyl (C=O) groups is 10. The van der Waals surface area contributed by atoms with Crippen molar-refractivity contribution in [3.05, 3.63) is 35.4 Å². The Bertz CT molecular complexity index is 2540. The van der Waals surface area contributed by atoms with Crippen LogP contribution in [0.2, 0.25) is 0 Å². The fourth-order valence-corrected chi connectivity index (χ4v) is 10.4. The summed E-state index contributed by atoms with van der Waals surface area (Å²) in [4.78, 5) is 141. The maximum absolute atomic E-state index is 14.6. The van der Waals surface area contributed by atoms with Crippen LogP contribution in [0.5, 0.6) is 0 Å². The number of nitrogens with one attached hydrogen (secondary N) is 4. The molecule has 19 N–H and O–H groups in total. The second kappa shape index (κ2) is 45.1. The van der Waals surface area contributed by atoms with Crippen molar-refractivity contribution in [2.75, 3.05) is 141 Å². The fraction of sp³-hybridized carbons (Fsp3) is 0.733. The molecule has 39 nitrogen and oxygen atoms in total. The molecule has 0 bridgehead atoms.